The molecule has 0 spiro atoms. The third-order valence-electron chi connectivity index (χ3n) is 4.31. The average Bonchev–Trinajstić information content (AvgIpc) is 2.92. The lowest BCUT2D eigenvalue weighted by atomic mass is 9.95. The largest absolute Gasteiger partial charge is 0.494 e. The van der Waals surface area contributed by atoms with E-state index in [2.05, 4.69) is 30.4 Å². The second-order valence-electron chi connectivity index (χ2n) is 5.44. The molecule has 1 saturated heterocycles. The van der Waals surface area contributed by atoms with Crippen LogP contribution in [0.4, 0.5) is 0 Å². The molecule has 2 aliphatic rings. The molecule has 0 saturated carbocycles. The third-order valence-corrected chi connectivity index (χ3v) is 4.31. The predicted molar refractivity (Wildman–Crippen MR) is 70.8 cm³/mol. The molecule has 2 aliphatic heterocycles. The fourth-order valence-electron chi connectivity index (χ4n) is 3.44. The van der Waals surface area contributed by atoms with E-state index in [-0.39, 0.29) is 0 Å². The van der Waals surface area contributed by atoms with Gasteiger partial charge < -0.3 is 15.0 Å². The van der Waals surface area contributed by atoms with E-state index < -0.39 is 0 Å². The summed E-state index contributed by atoms with van der Waals surface area (Å²) in [6, 6.07) is 7.36. The zero-order valence-electron chi connectivity index (χ0n) is 11.2. The highest BCUT2D eigenvalue weighted by Crippen LogP contribution is 2.23. The summed E-state index contributed by atoms with van der Waals surface area (Å²) in [6.07, 6.45) is 2.79. The normalized spacial score (nSPS) is 23.9. The van der Waals surface area contributed by atoms with Gasteiger partial charge in [-0.15, -0.1) is 0 Å². The molecule has 98 valence electrons. The molecule has 3 N–H and O–H groups in total. The number of hydrogen-bond acceptors (Lipinski definition) is 1. The topological polar surface area (TPSA) is 30.3 Å². The number of fused-ring (bicyclic) bond motifs is 1. The Balaban J connectivity index is 1.89. The second kappa shape index (κ2) is 5.29. The van der Waals surface area contributed by atoms with E-state index in [1.807, 2.05) is 0 Å². The van der Waals surface area contributed by atoms with Crippen LogP contribution in [0, 0.1) is 0 Å². The minimum Gasteiger partial charge on any atom is -0.494 e. The van der Waals surface area contributed by atoms with Gasteiger partial charge in [0.1, 0.15) is 18.8 Å². The van der Waals surface area contributed by atoms with Crippen molar-refractivity contribution in [1.82, 2.24) is 0 Å². The Morgan fingerprint density at radius 1 is 1.33 bits per heavy atom. The van der Waals surface area contributed by atoms with Crippen molar-refractivity contribution < 1.29 is 15.0 Å². The van der Waals surface area contributed by atoms with E-state index in [1.54, 1.807) is 10.5 Å². The van der Waals surface area contributed by atoms with Crippen LogP contribution in [-0.4, -0.2) is 26.2 Å². The quantitative estimate of drug-likeness (QED) is 0.768. The Labute approximate surface area is 109 Å². The summed E-state index contributed by atoms with van der Waals surface area (Å²) >= 11 is 0. The van der Waals surface area contributed by atoms with E-state index >= 15 is 0 Å². The molecular weight excluding hydrogens is 224 g/mol. The van der Waals surface area contributed by atoms with E-state index in [0.29, 0.717) is 6.04 Å². The summed E-state index contributed by atoms with van der Waals surface area (Å²) < 4.78 is 5.66. The Hall–Kier alpha value is -1.06. The van der Waals surface area contributed by atoms with Gasteiger partial charge in [0, 0.05) is 24.0 Å². The molecule has 1 aromatic carbocycles. The molecule has 1 fully saturated rings. The highest BCUT2D eigenvalue weighted by molar-refractivity contribution is 5.37. The summed E-state index contributed by atoms with van der Waals surface area (Å²) in [5.41, 5.74) is 3.05. The van der Waals surface area contributed by atoms with Crippen LogP contribution >= 0.6 is 0 Å². The van der Waals surface area contributed by atoms with Crippen molar-refractivity contribution in [2.45, 2.75) is 32.4 Å². The number of hydrogen-bond donors (Lipinski definition) is 2. The Bertz CT molecular complexity index is 413. The maximum atomic E-state index is 5.66. The lowest BCUT2D eigenvalue weighted by molar-refractivity contribution is -0.937. The summed E-state index contributed by atoms with van der Waals surface area (Å²) in [7, 11) is 0. The fourth-order valence-corrected chi connectivity index (χ4v) is 3.44. The van der Waals surface area contributed by atoms with Crippen LogP contribution in [0.25, 0.3) is 0 Å². The van der Waals surface area contributed by atoms with E-state index in [9.17, 15) is 0 Å². The second-order valence-corrected chi connectivity index (χ2v) is 5.44. The van der Waals surface area contributed by atoms with Gasteiger partial charge in [-0.2, -0.15) is 0 Å². The molecule has 3 rings (SSSR count). The van der Waals surface area contributed by atoms with Gasteiger partial charge in [0.15, 0.2) is 6.04 Å². The summed E-state index contributed by atoms with van der Waals surface area (Å²) in [5, 5.41) is 2.46. The van der Waals surface area contributed by atoms with Crippen molar-refractivity contribution in [2.75, 3.05) is 26.2 Å². The number of benzene rings is 1. The van der Waals surface area contributed by atoms with Crippen molar-refractivity contribution in [3.8, 4) is 5.75 Å². The van der Waals surface area contributed by atoms with Crippen LogP contribution in [0.5, 0.6) is 5.75 Å². The van der Waals surface area contributed by atoms with Crippen molar-refractivity contribution >= 4 is 0 Å². The van der Waals surface area contributed by atoms with Crippen LogP contribution in [0.15, 0.2) is 18.2 Å². The smallest absolute Gasteiger partial charge is 0.163 e. The van der Waals surface area contributed by atoms with Crippen LogP contribution in [0.3, 0.4) is 0 Å². The van der Waals surface area contributed by atoms with Gasteiger partial charge in [-0.05, 0) is 25.1 Å². The maximum Gasteiger partial charge on any atom is 0.163 e. The Morgan fingerprint density at radius 2 is 2.17 bits per heavy atom. The number of ether oxygens (including phenoxy) is 1. The van der Waals surface area contributed by atoms with Gasteiger partial charge in [-0.25, -0.2) is 0 Å². The monoisotopic (exact) mass is 248 g/mol. The number of quaternary nitrogens is 2. The molecule has 0 bridgehead atoms. The van der Waals surface area contributed by atoms with Crippen molar-refractivity contribution in [3.05, 3.63) is 29.3 Å². The molecule has 18 heavy (non-hydrogen) atoms. The first-order valence-electron chi connectivity index (χ1n) is 7.30. The SMILES string of the molecule is CCOc1ccc2c(c1)[C@@H]([NH+]1CCCC1)C[NH2+]C2. The van der Waals surface area contributed by atoms with Gasteiger partial charge >= 0.3 is 0 Å². The first-order chi connectivity index (χ1) is 8.88. The zero-order valence-corrected chi connectivity index (χ0v) is 11.2. The minimum atomic E-state index is 0.677. The molecule has 0 radical (unpaired) electrons. The van der Waals surface area contributed by atoms with Gasteiger partial charge in [0.25, 0.3) is 0 Å². The van der Waals surface area contributed by atoms with Crippen molar-refractivity contribution in [2.24, 2.45) is 0 Å². The summed E-state index contributed by atoms with van der Waals surface area (Å²) in [5.74, 6) is 1.04. The van der Waals surface area contributed by atoms with Gasteiger partial charge in [0.2, 0.25) is 0 Å². The standard InChI is InChI=1S/C15H22N2O/c1-2-18-13-6-5-12-10-16-11-15(14(12)9-13)17-7-3-4-8-17/h5-6,9,15-16H,2-4,7-8,10-11H2,1H3/p+2/t15-/m0/s1. The number of rotatable bonds is 3. The van der Waals surface area contributed by atoms with Crippen LogP contribution in [0.1, 0.15) is 36.9 Å². The molecule has 0 aromatic heterocycles. The lowest BCUT2D eigenvalue weighted by Gasteiger charge is -2.29. The van der Waals surface area contributed by atoms with Crippen molar-refractivity contribution in [1.29, 1.82) is 0 Å². The highest BCUT2D eigenvalue weighted by Gasteiger charge is 2.33. The lowest BCUT2D eigenvalue weighted by Crippen LogP contribution is -3.13. The highest BCUT2D eigenvalue weighted by atomic mass is 16.5. The molecule has 1 atom stereocenters. The van der Waals surface area contributed by atoms with E-state index in [1.165, 1.54) is 38.0 Å². The summed E-state index contributed by atoms with van der Waals surface area (Å²) in [4.78, 5) is 1.78. The number of nitrogens with two attached hydrogens (primary N) is 1. The van der Waals surface area contributed by atoms with Crippen LogP contribution < -0.4 is 15.0 Å². The van der Waals surface area contributed by atoms with E-state index in [0.717, 1.165) is 18.9 Å². The molecule has 0 amide bonds. The van der Waals surface area contributed by atoms with Gasteiger partial charge in [-0.1, -0.05) is 0 Å². The summed E-state index contributed by atoms with van der Waals surface area (Å²) in [6.45, 7) is 7.86. The Kier molecular flexibility index (Phi) is 3.52. The number of nitrogens with one attached hydrogen (secondary N) is 1. The minimum absolute atomic E-state index is 0.677. The number of likely N-dealkylation sites (tertiary alicyclic amines) is 1. The molecule has 2 heterocycles. The Morgan fingerprint density at radius 3 is 2.94 bits per heavy atom. The molecule has 0 unspecified atom stereocenters. The maximum absolute atomic E-state index is 5.66. The van der Waals surface area contributed by atoms with E-state index in [4.69, 9.17) is 4.74 Å². The first kappa shape index (κ1) is 12.0. The van der Waals surface area contributed by atoms with Crippen LogP contribution in [0.2, 0.25) is 0 Å². The molecule has 1 aromatic rings. The van der Waals surface area contributed by atoms with Crippen molar-refractivity contribution in [3.63, 3.8) is 0 Å². The molecule has 0 aliphatic carbocycles. The average molecular weight is 248 g/mol. The first-order valence-corrected chi connectivity index (χ1v) is 7.30. The predicted octanol–water partition coefficient (Wildman–Crippen LogP) is -0.118. The van der Waals surface area contributed by atoms with Gasteiger partial charge in [-0.3, -0.25) is 0 Å². The zero-order chi connectivity index (χ0) is 12.4. The van der Waals surface area contributed by atoms with Crippen LogP contribution in [-0.2, 0) is 6.54 Å². The van der Waals surface area contributed by atoms with Gasteiger partial charge in [0.05, 0.1) is 19.7 Å². The molecular formula is C15H24N2O+2. The fraction of sp³-hybridized carbons (Fsp3) is 0.600. The third kappa shape index (κ3) is 2.25. The molecule has 3 heteroatoms. The molecule has 3 nitrogen and oxygen atoms in total.